The lowest BCUT2D eigenvalue weighted by atomic mass is 9.89. The van der Waals surface area contributed by atoms with Crippen molar-refractivity contribution >= 4 is 5.84 Å². The number of rotatable bonds is 7. The van der Waals surface area contributed by atoms with Crippen molar-refractivity contribution in [1.82, 2.24) is 5.32 Å². The van der Waals surface area contributed by atoms with E-state index in [-0.39, 0.29) is 23.9 Å². The summed E-state index contributed by atoms with van der Waals surface area (Å²) >= 11 is 0. The minimum absolute atomic E-state index is 0.0118. The smallest absolute Gasteiger partial charge is 0.156 e. The number of nitrogens with one attached hydrogen (secondary N) is 1. The van der Waals surface area contributed by atoms with Crippen LogP contribution in [0.5, 0.6) is 0 Å². The number of hydrogen-bond donors (Lipinski definition) is 4. The zero-order valence-corrected chi connectivity index (χ0v) is 9.82. The predicted octanol–water partition coefficient (Wildman–Crippen LogP) is 0.510. The van der Waals surface area contributed by atoms with Crippen LogP contribution < -0.4 is 11.1 Å². The molecule has 0 aromatic heterocycles. The van der Waals surface area contributed by atoms with Gasteiger partial charge < -0.3 is 21.4 Å². The zero-order valence-electron chi connectivity index (χ0n) is 9.82. The van der Waals surface area contributed by atoms with Gasteiger partial charge in [0.15, 0.2) is 5.84 Å². The van der Waals surface area contributed by atoms with Crippen LogP contribution in [-0.4, -0.2) is 35.3 Å². The van der Waals surface area contributed by atoms with Gasteiger partial charge in [0, 0.05) is 13.2 Å². The number of hydrogen-bond acceptors (Lipinski definition) is 4. The van der Waals surface area contributed by atoms with E-state index in [9.17, 15) is 0 Å². The highest BCUT2D eigenvalue weighted by molar-refractivity contribution is 5.85. The summed E-state index contributed by atoms with van der Waals surface area (Å²) in [7, 11) is 0. The van der Waals surface area contributed by atoms with Crippen molar-refractivity contribution < 1.29 is 10.3 Å². The van der Waals surface area contributed by atoms with E-state index >= 15 is 0 Å². The Hall–Kier alpha value is -0.810. The van der Waals surface area contributed by atoms with E-state index in [2.05, 4.69) is 24.3 Å². The molecule has 0 bridgehead atoms. The molecule has 0 aliphatic carbocycles. The van der Waals surface area contributed by atoms with E-state index in [0.29, 0.717) is 0 Å². The zero-order chi connectivity index (χ0) is 11.9. The van der Waals surface area contributed by atoms with E-state index in [1.54, 1.807) is 0 Å². The molecule has 0 amide bonds. The lowest BCUT2D eigenvalue weighted by molar-refractivity contribution is 0.205. The summed E-state index contributed by atoms with van der Waals surface area (Å²) in [6.07, 6.45) is 1.50. The van der Waals surface area contributed by atoms with Crippen molar-refractivity contribution in [1.29, 1.82) is 0 Å². The lowest BCUT2D eigenvalue weighted by Crippen LogP contribution is -2.45. The van der Waals surface area contributed by atoms with E-state index in [0.717, 1.165) is 19.4 Å². The number of aliphatic hydroxyl groups excluding tert-OH is 1. The van der Waals surface area contributed by atoms with Gasteiger partial charge in [0.25, 0.3) is 0 Å². The average molecular weight is 217 g/mol. The highest BCUT2D eigenvalue weighted by Gasteiger charge is 2.20. The number of nitrogens with zero attached hydrogens (tertiary/aromatic N) is 1. The highest BCUT2D eigenvalue weighted by Crippen LogP contribution is 2.18. The normalized spacial score (nSPS) is 15.3. The van der Waals surface area contributed by atoms with Gasteiger partial charge in [-0.1, -0.05) is 25.9 Å². The van der Waals surface area contributed by atoms with Crippen molar-refractivity contribution in [3.05, 3.63) is 0 Å². The van der Waals surface area contributed by atoms with Crippen molar-refractivity contribution in [3.8, 4) is 0 Å². The fourth-order valence-corrected chi connectivity index (χ4v) is 1.32. The molecule has 0 aromatic carbocycles. The second kappa shape index (κ2) is 6.63. The van der Waals surface area contributed by atoms with Gasteiger partial charge >= 0.3 is 0 Å². The molecule has 0 heterocycles. The molecular weight excluding hydrogens is 194 g/mol. The van der Waals surface area contributed by atoms with Gasteiger partial charge in [-0.05, 0) is 18.3 Å². The Morgan fingerprint density at radius 1 is 1.53 bits per heavy atom. The van der Waals surface area contributed by atoms with Crippen molar-refractivity contribution in [2.45, 2.75) is 39.7 Å². The number of aliphatic hydroxyl groups is 1. The van der Waals surface area contributed by atoms with Crippen LogP contribution in [0, 0.1) is 5.41 Å². The SMILES string of the molecule is CCC(NCC(C)(C)CCO)C(N)=NO. The molecule has 0 saturated heterocycles. The molecule has 0 aliphatic heterocycles. The largest absolute Gasteiger partial charge is 0.409 e. The molecule has 0 aromatic rings. The summed E-state index contributed by atoms with van der Waals surface area (Å²) in [5, 5.41) is 23.6. The van der Waals surface area contributed by atoms with Gasteiger partial charge in [0.05, 0.1) is 6.04 Å². The first-order chi connectivity index (χ1) is 6.96. The van der Waals surface area contributed by atoms with Gasteiger partial charge in [-0.2, -0.15) is 0 Å². The van der Waals surface area contributed by atoms with Crippen molar-refractivity contribution in [2.24, 2.45) is 16.3 Å². The highest BCUT2D eigenvalue weighted by atomic mass is 16.4. The van der Waals surface area contributed by atoms with Crippen molar-refractivity contribution in [2.75, 3.05) is 13.2 Å². The molecule has 0 rings (SSSR count). The Labute approximate surface area is 91.4 Å². The molecule has 0 saturated carbocycles. The predicted molar refractivity (Wildman–Crippen MR) is 61.0 cm³/mol. The van der Waals surface area contributed by atoms with E-state index in [4.69, 9.17) is 16.0 Å². The van der Waals surface area contributed by atoms with Crippen LogP contribution in [0.15, 0.2) is 5.16 Å². The third kappa shape index (κ3) is 5.59. The Morgan fingerprint density at radius 3 is 2.53 bits per heavy atom. The van der Waals surface area contributed by atoms with Crippen molar-refractivity contribution in [3.63, 3.8) is 0 Å². The number of oxime groups is 1. The Balaban J connectivity index is 4.11. The standard InChI is InChI=1S/C10H23N3O2/c1-4-8(9(11)13-15)12-7-10(2,3)5-6-14/h8,12,14-15H,4-7H2,1-3H3,(H2,11,13). The molecule has 0 fully saturated rings. The first-order valence-electron chi connectivity index (χ1n) is 5.28. The maximum absolute atomic E-state index is 8.86. The molecule has 0 spiro atoms. The topological polar surface area (TPSA) is 90.9 Å². The fourth-order valence-electron chi connectivity index (χ4n) is 1.32. The van der Waals surface area contributed by atoms with E-state index in [1.165, 1.54) is 0 Å². The van der Waals surface area contributed by atoms with E-state index < -0.39 is 0 Å². The van der Waals surface area contributed by atoms with Gasteiger partial charge in [0.1, 0.15) is 0 Å². The molecule has 1 atom stereocenters. The molecule has 5 heteroatoms. The summed E-state index contributed by atoms with van der Waals surface area (Å²) in [5.41, 5.74) is 5.53. The monoisotopic (exact) mass is 217 g/mol. The number of amidine groups is 1. The van der Waals surface area contributed by atoms with Gasteiger partial charge in [-0.15, -0.1) is 0 Å². The van der Waals surface area contributed by atoms with Crippen LogP contribution in [0.2, 0.25) is 0 Å². The van der Waals surface area contributed by atoms with Gasteiger partial charge in [0.2, 0.25) is 0 Å². The molecular formula is C10H23N3O2. The summed E-state index contributed by atoms with van der Waals surface area (Å²) in [5.74, 6) is 0.206. The molecule has 15 heavy (non-hydrogen) atoms. The van der Waals surface area contributed by atoms with Crippen LogP contribution in [-0.2, 0) is 0 Å². The molecule has 5 N–H and O–H groups in total. The minimum Gasteiger partial charge on any atom is -0.409 e. The average Bonchev–Trinajstić information content (AvgIpc) is 2.18. The second-order valence-electron chi connectivity index (χ2n) is 4.50. The third-order valence-electron chi connectivity index (χ3n) is 2.50. The fraction of sp³-hybridized carbons (Fsp3) is 0.900. The van der Waals surface area contributed by atoms with Crippen LogP contribution in [0.1, 0.15) is 33.6 Å². The van der Waals surface area contributed by atoms with Crippen LogP contribution >= 0.6 is 0 Å². The quantitative estimate of drug-likeness (QED) is 0.216. The minimum atomic E-state index is -0.104. The Morgan fingerprint density at radius 2 is 2.13 bits per heavy atom. The molecule has 5 nitrogen and oxygen atoms in total. The maximum atomic E-state index is 8.86. The molecule has 1 unspecified atom stereocenters. The Kier molecular flexibility index (Phi) is 6.27. The maximum Gasteiger partial charge on any atom is 0.156 e. The number of nitrogens with two attached hydrogens (primary N) is 1. The third-order valence-corrected chi connectivity index (χ3v) is 2.50. The summed E-state index contributed by atoms with van der Waals surface area (Å²) in [4.78, 5) is 0. The molecule has 0 radical (unpaired) electrons. The van der Waals surface area contributed by atoms with E-state index in [1.807, 2.05) is 6.92 Å². The first kappa shape index (κ1) is 14.2. The summed E-state index contributed by atoms with van der Waals surface area (Å²) < 4.78 is 0. The lowest BCUT2D eigenvalue weighted by Gasteiger charge is -2.26. The molecule has 90 valence electrons. The first-order valence-corrected chi connectivity index (χ1v) is 5.28. The summed E-state index contributed by atoms with van der Waals surface area (Å²) in [6.45, 7) is 7.00. The van der Waals surface area contributed by atoms with Gasteiger partial charge in [-0.25, -0.2) is 0 Å². The van der Waals surface area contributed by atoms with Gasteiger partial charge in [-0.3, -0.25) is 0 Å². The Bertz CT molecular complexity index is 205. The molecule has 0 aliphatic rings. The summed E-state index contributed by atoms with van der Waals surface area (Å²) in [6, 6.07) is -0.104. The van der Waals surface area contributed by atoms with Crippen LogP contribution in [0.25, 0.3) is 0 Å². The van der Waals surface area contributed by atoms with Crippen LogP contribution in [0.3, 0.4) is 0 Å². The van der Waals surface area contributed by atoms with Crippen LogP contribution in [0.4, 0.5) is 0 Å². The second-order valence-corrected chi connectivity index (χ2v) is 4.50.